The lowest BCUT2D eigenvalue weighted by Gasteiger charge is -2.01. The van der Waals surface area contributed by atoms with Gasteiger partial charge in [0.1, 0.15) is 0 Å². The van der Waals surface area contributed by atoms with E-state index in [0.29, 0.717) is 12.2 Å². The van der Waals surface area contributed by atoms with Gasteiger partial charge in [0.15, 0.2) is 5.82 Å². The van der Waals surface area contributed by atoms with Crippen molar-refractivity contribution in [3.8, 4) is 0 Å². The Labute approximate surface area is 93.7 Å². The van der Waals surface area contributed by atoms with Gasteiger partial charge in [-0.25, -0.2) is 4.98 Å². The minimum atomic E-state index is 0.00972. The molecule has 0 aliphatic rings. The van der Waals surface area contributed by atoms with E-state index in [0.717, 1.165) is 11.4 Å². The van der Waals surface area contributed by atoms with Gasteiger partial charge in [-0.05, 0) is 13.0 Å². The van der Waals surface area contributed by atoms with Crippen LogP contribution in [-0.4, -0.2) is 25.1 Å². The van der Waals surface area contributed by atoms with Gasteiger partial charge in [0.25, 0.3) is 0 Å². The van der Waals surface area contributed by atoms with Gasteiger partial charge in [0.2, 0.25) is 5.78 Å². The molecule has 2 rings (SSSR count). The van der Waals surface area contributed by atoms with E-state index in [1.165, 1.54) is 0 Å². The molecule has 2 heterocycles. The Morgan fingerprint density at radius 3 is 2.69 bits per heavy atom. The number of hydrogen-bond acceptors (Lipinski definition) is 3. The van der Waals surface area contributed by atoms with E-state index in [1.807, 2.05) is 27.1 Å². The van der Waals surface area contributed by atoms with Gasteiger partial charge in [-0.3, -0.25) is 9.48 Å². The quantitative estimate of drug-likeness (QED) is 0.719. The highest BCUT2D eigenvalue weighted by molar-refractivity contribution is 5.94. The number of rotatable bonds is 3. The van der Waals surface area contributed by atoms with Crippen LogP contribution in [0.2, 0.25) is 0 Å². The molecule has 84 valence electrons. The molecule has 0 saturated carbocycles. The summed E-state index contributed by atoms with van der Waals surface area (Å²) >= 11 is 0. The summed E-state index contributed by atoms with van der Waals surface area (Å²) < 4.78 is 3.46. The molecule has 0 unspecified atom stereocenters. The van der Waals surface area contributed by atoms with Crippen molar-refractivity contribution in [2.45, 2.75) is 13.3 Å². The van der Waals surface area contributed by atoms with Crippen molar-refractivity contribution in [1.82, 2.24) is 19.3 Å². The Bertz CT molecular complexity index is 524. The van der Waals surface area contributed by atoms with Crippen LogP contribution in [0, 0.1) is 6.92 Å². The Hall–Kier alpha value is -1.91. The van der Waals surface area contributed by atoms with E-state index in [9.17, 15) is 4.79 Å². The molecule has 0 aliphatic heterocycles. The standard InChI is InChI=1S/C11H14N4O/c1-8-6-9(15(3)13-8)7-10(16)11-12-4-5-14(11)2/h4-6H,7H2,1-3H3. The largest absolute Gasteiger partial charge is 0.332 e. The SMILES string of the molecule is Cc1cc(CC(=O)c2nccn2C)n(C)n1. The van der Waals surface area contributed by atoms with Gasteiger partial charge >= 0.3 is 0 Å². The molecule has 0 aliphatic carbocycles. The number of imidazole rings is 1. The van der Waals surface area contributed by atoms with Gasteiger partial charge in [-0.15, -0.1) is 0 Å². The van der Waals surface area contributed by atoms with E-state index in [2.05, 4.69) is 10.1 Å². The summed E-state index contributed by atoms with van der Waals surface area (Å²) in [6, 6.07) is 1.92. The highest BCUT2D eigenvalue weighted by Gasteiger charge is 2.14. The summed E-state index contributed by atoms with van der Waals surface area (Å²) in [5.41, 5.74) is 1.83. The zero-order chi connectivity index (χ0) is 11.7. The number of ketones is 1. The Balaban J connectivity index is 2.20. The van der Waals surface area contributed by atoms with Crippen LogP contribution < -0.4 is 0 Å². The molecule has 0 spiro atoms. The van der Waals surface area contributed by atoms with Crippen LogP contribution in [-0.2, 0) is 20.5 Å². The maximum absolute atomic E-state index is 11.9. The van der Waals surface area contributed by atoms with Gasteiger partial charge in [-0.1, -0.05) is 0 Å². The lowest BCUT2D eigenvalue weighted by molar-refractivity contribution is 0.0978. The molecule has 16 heavy (non-hydrogen) atoms. The van der Waals surface area contributed by atoms with Crippen molar-refractivity contribution in [2.75, 3.05) is 0 Å². The molecule has 0 radical (unpaired) electrons. The Morgan fingerprint density at radius 1 is 1.44 bits per heavy atom. The second kappa shape index (κ2) is 3.92. The summed E-state index contributed by atoms with van der Waals surface area (Å²) in [7, 11) is 3.66. The number of aryl methyl sites for hydroxylation is 3. The van der Waals surface area contributed by atoms with Gasteiger partial charge < -0.3 is 4.57 Å². The average Bonchev–Trinajstić information content (AvgIpc) is 2.74. The van der Waals surface area contributed by atoms with Gasteiger partial charge in [0, 0.05) is 32.2 Å². The van der Waals surface area contributed by atoms with Crippen molar-refractivity contribution in [2.24, 2.45) is 14.1 Å². The molecule has 2 aromatic heterocycles. The Morgan fingerprint density at radius 2 is 2.19 bits per heavy atom. The minimum absolute atomic E-state index is 0.00972. The number of nitrogens with zero attached hydrogens (tertiary/aromatic N) is 4. The molecule has 0 aromatic carbocycles. The molecule has 0 fully saturated rings. The number of aromatic nitrogens is 4. The second-order valence-electron chi connectivity index (χ2n) is 3.86. The van der Waals surface area contributed by atoms with E-state index in [4.69, 9.17) is 0 Å². The summed E-state index contributed by atoms with van der Waals surface area (Å²) in [5.74, 6) is 0.495. The monoisotopic (exact) mass is 218 g/mol. The van der Waals surface area contributed by atoms with Crippen LogP contribution in [0.4, 0.5) is 0 Å². The van der Waals surface area contributed by atoms with Crippen LogP contribution in [0.3, 0.4) is 0 Å². The predicted octanol–water partition coefficient (Wildman–Crippen LogP) is 0.887. The maximum atomic E-state index is 11.9. The van der Waals surface area contributed by atoms with Crippen LogP contribution >= 0.6 is 0 Å². The number of carbonyl (C=O) groups excluding carboxylic acids is 1. The molecule has 0 atom stereocenters. The zero-order valence-corrected chi connectivity index (χ0v) is 9.64. The van der Waals surface area contributed by atoms with Crippen LogP contribution in [0.1, 0.15) is 22.0 Å². The first-order chi connectivity index (χ1) is 7.58. The third-order valence-electron chi connectivity index (χ3n) is 2.51. The smallest absolute Gasteiger partial charge is 0.204 e. The lowest BCUT2D eigenvalue weighted by atomic mass is 10.2. The normalized spacial score (nSPS) is 10.7. The van der Waals surface area contributed by atoms with Gasteiger partial charge in [-0.2, -0.15) is 5.10 Å². The van der Waals surface area contributed by atoms with Crippen LogP contribution in [0.25, 0.3) is 0 Å². The third-order valence-corrected chi connectivity index (χ3v) is 2.51. The molecular formula is C11H14N4O. The summed E-state index contributed by atoms with van der Waals surface area (Å²) in [6.07, 6.45) is 3.73. The molecule has 0 bridgehead atoms. The fourth-order valence-corrected chi connectivity index (χ4v) is 1.71. The highest BCUT2D eigenvalue weighted by Crippen LogP contribution is 2.06. The number of hydrogen-bond donors (Lipinski definition) is 0. The molecule has 2 aromatic rings. The fraction of sp³-hybridized carbons (Fsp3) is 0.364. The molecule has 0 saturated heterocycles. The number of Topliss-reactive ketones (excluding diaryl/α,β-unsaturated/α-hetero) is 1. The highest BCUT2D eigenvalue weighted by atomic mass is 16.1. The molecule has 0 N–H and O–H groups in total. The van der Waals surface area contributed by atoms with Gasteiger partial charge in [0.05, 0.1) is 12.1 Å². The van der Waals surface area contributed by atoms with E-state index in [1.54, 1.807) is 21.6 Å². The summed E-state index contributed by atoms with van der Waals surface area (Å²) in [6.45, 7) is 1.91. The first-order valence-electron chi connectivity index (χ1n) is 5.08. The first kappa shape index (κ1) is 10.6. The van der Waals surface area contributed by atoms with Crippen molar-refractivity contribution in [3.05, 3.63) is 35.7 Å². The average molecular weight is 218 g/mol. The van der Waals surface area contributed by atoms with Crippen molar-refractivity contribution in [3.63, 3.8) is 0 Å². The van der Waals surface area contributed by atoms with E-state index in [-0.39, 0.29) is 5.78 Å². The molecule has 0 amide bonds. The maximum Gasteiger partial charge on any atom is 0.204 e. The molecule has 5 heteroatoms. The number of carbonyl (C=O) groups is 1. The van der Waals surface area contributed by atoms with Crippen molar-refractivity contribution in [1.29, 1.82) is 0 Å². The minimum Gasteiger partial charge on any atom is -0.332 e. The molecular weight excluding hydrogens is 204 g/mol. The zero-order valence-electron chi connectivity index (χ0n) is 9.64. The fourth-order valence-electron chi connectivity index (χ4n) is 1.71. The lowest BCUT2D eigenvalue weighted by Crippen LogP contribution is -2.12. The summed E-state index contributed by atoms with van der Waals surface area (Å²) in [5, 5.41) is 4.21. The second-order valence-corrected chi connectivity index (χ2v) is 3.86. The predicted molar refractivity (Wildman–Crippen MR) is 59.2 cm³/mol. The van der Waals surface area contributed by atoms with Crippen molar-refractivity contribution >= 4 is 5.78 Å². The Kier molecular flexibility index (Phi) is 2.60. The van der Waals surface area contributed by atoms with E-state index >= 15 is 0 Å². The van der Waals surface area contributed by atoms with Crippen molar-refractivity contribution < 1.29 is 4.79 Å². The summed E-state index contributed by atoms with van der Waals surface area (Å²) in [4.78, 5) is 16.0. The van der Waals surface area contributed by atoms with Crippen LogP contribution in [0.15, 0.2) is 18.5 Å². The topological polar surface area (TPSA) is 52.7 Å². The first-order valence-corrected chi connectivity index (χ1v) is 5.08. The van der Waals surface area contributed by atoms with E-state index < -0.39 is 0 Å². The van der Waals surface area contributed by atoms with Crippen LogP contribution in [0.5, 0.6) is 0 Å². The third kappa shape index (κ3) is 1.88. The molecule has 5 nitrogen and oxygen atoms in total.